The van der Waals surface area contributed by atoms with E-state index < -0.39 is 0 Å². The molecular weight excluding hydrogens is 188 g/mol. The molecule has 0 saturated carbocycles. The van der Waals surface area contributed by atoms with Gasteiger partial charge in [-0.3, -0.25) is 4.90 Å². The second kappa shape index (κ2) is 5.28. The number of nitrogens with one attached hydrogen (secondary N) is 1. The molecule has 1 N–H and O–H groups in total. The Morgan fingerprint density at radius 3 is 2.80 bits per heavy atom. The maximum atomic E-state index is 5.14. The van der Waals surface area contributed by atoms with Crippen LogP contribution < -0.4 is 5.32 Å². The molecule has 0 unspecified atom stereocenters. The molecule has 2 aliphatic heterocycles. The lowest BCUT2D eigenvalue weighted by Gasteiger charge is -2.42. The van der Waals surface area contributed by atoms with Crippen molar-refractivity contribution < 1.29 is 4.74 Å². The number of hydrogen-bond donors (Lipinski definition) is 1. The third kappa shape index (κ3) is 2.52. The Hall–Kier alpha value is -0.120. The van der Waals surface area contributed by atoms with Crippen molar-refractivity contribution in [3.8, 4) is 0 Å². The highest BCUT2D eigenvalue weighted by Crippen LogP contribution is 2.36. The number of hydrogen-bond acceptors (Lipinski definition) is 3. The van der Waals surface area contributed by atoms with E-state index in [4.69, 9.17) is 4.74 Å². The molecule has 2 saturated heterocycles. The summed E-state index contributed by atoms with van der Waals surface area (Å²) in [6.07, 6.45) is 6.69. The maximum Gasteiger partial charge on any atom is 0.0474 e. The fourth-order valence-corrected chi connectivity index (χ4v) is 3.20. The Bertz CT molecular complexity index is 190. The number of methoxy groups -OCH3 is 1. The van der Waals surface area contributed by atoms with E-state index in [1.165, 1.54) is 58.3 Å². The molecule has 0 amide bonds. The molecular formula is C12H24N2O. The van der Waals surface area contributed by atoms with Crippen LogP contribution in [-0.4, -0.2) is 50.3 Å². The van der Waals surface area contributed by atoms with Crippen LogP contribution in [0.2, 0.25) is 0 Å². The van der Waals surface area contributed by atoms with E-state index in [-0.39, 0.29) is 0 Å². The Kier molecular flexibility index (Phi) is 4.00. The van der Waals surface area contributed by atoms with Gasteiger partial charge in [0.15, 0.2) is 0 Å². The third-order valence-corrected chi connectivity index (χ3v) is 4.05. The lowest BCUT2D eigenvalue weighted by Crippen LogP contribution is -2.51. The van der Waals surface area contributed by atoms with E-state index in [9.17, 15) is 0 Å². The van der Waals surface area contributed by atoms with Crippen LogP contribution in [-0.2, 0) is 4.74 Å². The van der Waals surface area contributed by atoms with Gasteiger partial charge in [-0.1, -0.05) is 0 Å². The van der Waals surface area contributed by atoms with Gasteiger partial charge in [-0.25, -0.2) is 0 Å². The highest BCUT2D eigenvalue weighted by molar-refractivity contribution is 4.98. The molecule has 15 heavy (non-hydrogen) atoms. The maximum absolute atomic E-state index is 5.14. The first kappa shape index (κ1) is 11.4. The van der Waals surface area contributed by atoms with Gasteiger partial charge in [0.25, 0.3) is 0 Å². The number of nitrogens with zero attached hydrogens (tertiary/aromatic N) is 1. The molecule has 0 bridgehead atoms. The summed E-state index contributed by atoms with van der Waals surface area (Å²) in [5.41, 5.74) is 0.555. The van der Waals surface area contributed by atoms with Gasteiger partial charge in [0.05, 0.1) is 0 Å². The van der Waals surface area contributed by atoms with Gasteiger partial charge in [-0.2, -0.15) is 0 Å². The molecule has 2 aliphatic rings. The van der Waals surface area contributed by atoms with E-state index in [1.807, 2.05) is 0 Å². The highest BCUT2D eigenvalue weighted by Gasteiger charge is 2.40. The molecule has 1 spiro atoms. The second-order valence-corrected chi connectivity index (χ2v) is 4.91. The number of rotatable bonds is 4. The summed E-state index contributed by atoms with van der Waals surface area (Å²) in [5, 5.41) is 3.47. The van der Waals surface area contributed by atoms with Crippen LogP contribution in [0.15, 0.2) is 0 Å². The van der Waals surface area contributed by atoms with Crippen LogP contribution in [0, 0.1) is 0 Å². The standard InChI is InChI=1S/C12H24N2O/c1-15-11-3-10-14-9-2-4-12(14)5-7-13-8-6-12/h13H,2-11H2,1H3. The van der Waals surface area contributed by atoms with Crippen molar-refractivity contribution in [2.45, 2.75) is 37.6 Å². The van der Waals surface area contributed by atoms with Gasteiger partial charge in [-0.15, -0.1) is 0 Å². The number of ether oxygens (including phenoxy) is 1. The molecule has 2 fully saturated rings. The normalized spacial score (nSPS) is 26.2. The topological polar surface area (TPSA) is 24.5 Å². The van der Waals surface area contributed by atoms with Gasteiger partial charge in [0, 0.05) is 25.8 Å². The molecule has 3 heteroatoms. The van der Waals surface area contributed by atoms with E-state index in [2.05, 4.69) is 10.2 Å². The molecule has 0 aromatic rings. The Balaban J connectivity index is 1.85. The van der Waals surface area contributed by atoms with Crippen molar-refractivity contribution in [3.05, 3.63) is 0 Å². The Morgan fingerprint density at radius 2 is 2.07 bits per heavy atom. The molecule has 0 atom stereocenters. The van der Waals surface area contributed by atoms with E-state index in [1.54, 1.807) is 7.11 Å². The van der Waals surface area contributed by atoms with Crippen molar-refractivity contribution in [1.29, 1.82) is 0 Å². The quantitative estimate of drug-likeness (QED) is 0.710. The number of piperidine rings is 1. The predicted octanol–water partition coefficient (Wildman–Crippen LogP) is 1.24. The second-order valence-electron chi connectivity index (χ2n) is 4.91. The van der Waals surface area contributed by atoms with Gasteiger partial charge >= 0.3 is 0 Å². The molecule has 2 rings (SSSR count). The minimum Gasteiger partial charge on any atom is -0.385 e. The largest absolute Gasteiger partial charge is 0.385 e. The SMILES string of the molecule is COCCCN1CCCC12CCNCC2. The highest BCUT2D eigenvalue weighted by atomic mass is 16.5. The summed E-state index contributed by atoms with van der Waals surface area (Å²) >= 11 is 0. The van der Waals surface area contributed by atoms with E-state index in [0.29, 0.717) is 5.54 Å². The lowest BCUT2D eigenvalue weighted by atomic mass is 9.86. The van der Waals surface area contributed by atoms with E-state index >= 15 is 0 Å². The summed E-state index contributed by atoms with van der Waals surface area (Å²) < 4.78 is 5.14. The third-order valence-electron chi connectivity index (χ3n) is 4.05. The van der Waals surface area contributed by atoms with Crippen LogP contribution in [0.5, 0.6) is 0 Å². The van der Waals surface area contributed by atoms with Gasteiger partial charge in [0.2, 0.25) is 0 Å². The fraction of sp³-hybridized carbons (Fsp3) is 1.00. The van der Waals surface area contributed by atoms with Crippen molar-refractivity contribution in [2.24, 2.45) is 0 Å². The first-order valence-electron chi connectivity index (χ1n) is 6.32. The summed E-state index contributed by atoms with van der Waals surface area (Å²) in [6, 6.07) is 0. The minimum absolute atomic E-state index is 0.555. The summed E-state index contributed by atoms with van der Waals surface area (Å²) in [7, 11) is 1.80. The Labute approximate surface area is 93.2 Å². The van der Waals surface area contributed by atoms with Crippen molar-refractivity contribution in [3.63, 3.8) is 0 Å². The first-order valence-corrected chi connectivity index (χ1v) is 6.32. The summed E-state index contributed by atoms with van der Waals surface area (Å²) in [5.74, 6) is 0. The summed E-state index contributed by atoms with van der Waals surface area (Å²) in [4.78, 5) is 2.73. The van der Waals surface area contributed by atoms with Crippen molar-refractivity contribution in [2.75, 3.05) is 39.9 Å². The Morgan fingerprint density at radius 1 is 1.27 bits per heavy atom. The van der Waals surface area contributed by atoms with Crippen LogP contribution in [0.4, 0.5) is 0 Å². The smallest absolute Gasteiger partial charge is 0.0474 e. The molecule has 0 aromatic carbocycles. The van der Waals surface area contributed by atoms with Gasteiger partial charge in [0.1, 0.15) is 0 Å². The van der Waals surface area contributed by atoms with Gasteiger partial charge < -0.3 is 10.1 Å². The van der Waals surface area contributed by atoms with Crippen molar-refractivity contribution >= 4 is 0 Å². The molecule has 0 radical (unpaired) electrons. The van der Waals surface area contributed by atoms with Crippen LogP contribution in [0.25, 0.3) is 0 Å². The molecule has 0 aliphatic carbocycles. The van der Waals surface area contributed by atoms with Crippen LogP contribution in [0.1, 0.15) is 32.1 Å². The monoisotopic (exact) mass is 212 g/mol. The first-order chi connectivity index (χ1) is 7.37. The molecule has 3 nitrogen and oxygen atoms in total. The zero-order valence-corrected chi connectivity index (χ0v) is 9.93. The number of likely N-dealkylation sites (tertiary alicyclic amines) is 1. The zero-order chi connectivity index (χ0) is 10.6. The predicted molar refractivity (Wildman–Crippen MR) is 62.1 cm³/mol. The van der Waals surface area contributed by atoms with E-state index in [0.717, 1.165) is 6.61 Å². The fourth-order valence-electron chi connectivity index (χ4n) is 3.20. The zero-order valence-electron chi connectivity index (χ0n) is 9.93. The average molecular weight is 212 g/mol. The average Bonchev–Trinajstić information content (AvgIpc) is 2.63. The minimum atomic E-state index is 0.555. The van der Waals surface area contributed by atoms with Gasteiger partial charge in [-0.05, 0) is 51.7 Å². The molecule has 0 aromatic heterocycles. The lowest BCUT2D eigenvalue weighted by molar-refractivity contribution is 0.0867. The van der Waals surface area contributed by atoms with Crippen LogP contribution in [0.3, 0.4) is 0 Å². The molecule has 2 heterocycles. The molecule has 88 valence electrons. The van der Waals surface area contributed by atoms with Crippen LogP contribution >= 0.6 is 0 Å². The van der Waals surface area contributed by atoms with Crippen molar-refractivity contribution in [1.82, 2.24) is 10.2 Å². The summed E-state index contributed by atoms with van der Waals surface area (Å²) in [6.45, 7) is 5.87.